The lowest BCUT2D eigenvalue weighted by Crippen LogP contribution is -2.30. The molecule has 0 unspecified atom stereocenters. The number of carbonyl (C=O) groups is 1. The third-order valence-corrected chi connectivity index (χ3v) is 6.20. The first-order chi connectivity index (χ1) is 14.4. The van der Waals surface area contributed by atoms with Crippen molar-refractivity contribution in [2.45, 2.75) is 50.3 Å². The second-order valence-corrected chi connectivity index (χ2v) is 8.41. The molecule has 1 aromatic carbocycles. The molecule has 4 nitrogen and oxygen atoms in total. The summed E-state index contributed by atoms with van der Waals surface area (Å²) in [6.07, 6.45) is -9.52. The normalized spacial score (nSPS) is 23.8. The molecule has 3 heterocycles. The van der Waals surface area contributed by atoms with E-state index >= 15 is 0 Å². The highest BCUT2D eigenvalue weighted by Gasteiger charge is 2.51. The number of hydrogen-bond acceptors (Lipinski definition) is 3. The van der Waals surface area contributed by atoms with Crippen LogP contribution in [0.25, 0.3) is 0 Å². The third-order valence-electron chi connectivity index (χ3n) is 5.54. The Labute approximate surface area is 181 Å². The van der Waals surface area contributed by atoms with E-state index in [1.54, 1.807) is 19.2 Å². The van der Waals surface area contributed by atoms with Crippen LogP contribution < -0.4 is 0 Å². The van der Waals surface area contributed by atoms with Crippen LogP contribution in [0, 0.1) is 6.92 Å². The van der Waals surface area contributed by atoms with Crippen molar-refractivity contribution in [3.63, 3.8) is 0 Å². The maximum atomic E-state index is 13.2. The molecule has 11 heteroatoms. The lowest BCUT2D eigenvalue weighted by atomic mass is 9.96. The number of cyclic esters (lactones) is 1. The standard InChI is InChI=1S/C20H15BrF6N2O2/c1-9-4-13(14(21)8-28-9)15-2-3-16-17(31-18(30)29(15)16)10-5-11(19(22,23)24)7-12(6-10)20(25,26)27/h4-8,15-17H,2-3H2,1H3/t15-,16-,17+/m0/s1. The monoisotopic (exact) mass is 508 g/mol. The Kier molecular flexibility index (Phi) is 5.22. The Bertz CT molecular complexity index is 1010. The molecular formula is C20H15BrF6N2O2. The summed E-state index contributed by atoms with van der Waals surface area (Å²) >= 11 is 3.39. The van der Waals surface area contributed by atoms with Crippen LogP contribution in [0.1, 0.15) is 52.9 Å². The third kappa shape index (κ3) is 3.99. The number of amides is 1. The topological polar surface area (TPSA) is 42.4 Å². The van der Waals surface area contributed by atoms with Crippen LogP contribution in [0.2, 0.25) is 0 Å². The van der Waals surface area contributed by atoms with Gasteiger partial charge in [-0.2, -0.15) is 26.3 Å². The zero-order valence-corrected chi connectivity index (χ0v) is 17.5. The average Bonchev–Trinajstić information content (AvgIpc) is 3.23. The first-order valence-corrected chi connectivity index (χ1v) is 10.1. The van der Waals surface area contributed by atoms with Gasteiger partial charge in [-0.05, 0) is 71.1 Å². The molecule has 0 saturated carbocycles. The molecule has 2 aliphatic rings. The van der Waals surface area contributed by atoms with E-state index in [4.69, 9.17) is 4.74 Å². The Balaban J connectivity index is 1.73. The second kappa shape index (κ2) is 7.39. The number of fused-ring (bicyclic) bond motifs is 1. The van der Waals surface area contributed by atoms with E-state index in [-0.39, 0.29) is 11.6 Å². The summed E-state index contributed by atoms with van der Waals surface area (Å²) in [7, 11) is 0. The fourth-order valence-electron chi connectivity index (χ4n) is 4.20. The van der Waals surface area contributed by atoms with Gasteiger partial charge in [0.05, 0.1) is 23.2 Å². The van der Waals surface area contributed by atoms with Crippen LogP contribution in [-0.4, -0.2) is 22.0 Å². The number of pyridine rings is 1. The highest BCUT2D eigenvalue weighted by molar-refractivity contribution is 9.10. The van der Waals surface area contributed by atoms with Gasteiger partial charge < -0.3 is 4.74 Å². The van der Waals surface area contributed by atoms with Crippen molar-refractivity contribution >= 4 is 22.0 Å². The molecule has 0 spiro atoms. The second-order valence-electron chi connectivity index (χ2n) is 7.56. The first-order valence-electron chi connectivity index (χ1n) is 9.26. The van der Waals surface area contributed by atoms with Gasteiger partial charge in [0.2, 0.25) is 0 Å². The van der Waals surface area contributed by atoms with Crippen molar-refractivity contribution in [3.8, 4) is 0 Å². The van der Waals surface area contributed by atoms with Crippen molar-refractivity contribution in [2.75, 3.05) is 0 Å². The molecule has 2 fully saturated rings. The van der Waals surface area contributed by atoms with Gasteiger partial charge in [0, 0.05) is 16.4 Å². The summed E-state index contributed by atoms with van der Waals surface area (Å²) < 4.78 is 85.4. The van der Waals surface area contributed by atoms with E-state index in [1.807, 2.05) is 0 Å². The van der Waals surface area contributed by atoms with Crippen LogP contribution >= 0.6 is 15.9 Å². The summed E-state index contributed by atoms with van der Waals surface area (Å²) in [6, 6.07) is 1.98. The number of aryl methyl sites for hydroxylation is 1. The molecule has 2 aromatic rings. The van der Waals surface area contributed by atoms with Crippen molar-refractivity contribution < 1.29 is 35.9 Å². The predicted molar refractivity (Wildman–Crippen MR) is 99.9 cm³/mol. The van der Waals surface area contributed by atoms with E-state index in [0.29, 0.717) is 35.1 Å². The maximum Gasteiger partial charge on any atom is 0.416 e. The van der Waals surface area contributed by atoms with Crippen LogP contribution in [0.15, 0.2) is 34.9 Å². The number of hydrogen-bond donors (Lipinski definition) is 0. The fourth-order valence-corrected chi connectivity index (χ4v) is 4.69. The fraction of sp³-hybridized carbons (Fsp3) is 0.400. The van der Waals surface area contributed by atoms with Crippen molar-refractivity contribution in [3.05, 3.63) is 62.9 Å². The Hall–Kier alpha value is -2.30. The smallest absolute Gasteiger partial charge is 0.416 e. The van der Waals surface area contributed by atoms with Gasteiger partial charge in [-0.25, -0.2) is 4.79 Å². The zero-order valence-electron chi connectivity index (χ0n) is 15.9. The van der Waals surface area contributed by atoms with Gasteiger partial charge in [-0.15, -0.1) is 0 Å². The molecule has 166 valence electrons. The van der Waals surface area contributed by atoms with Crippen molar-refractivity contribution in [1.82, 2.24) is 9.88 Å². The molecule has 0 aliphatic carbocycles. The summed E-state index contributed by atoms with van der Waals surface area (Å²) in [5.41, 5.74) is -1.73. The number of aromatic nitrogens is 1. The molecule has 2 aliphatic heterocycles. The van der Waals surface area contributed by atoms with Gasteiger partial charge >= 0.3 is 18.4 Å². The molecule has 0 radical (unpaired) electrons. The highest BCUT2D eigenvalue weighted by atomic mass is 79.9. The first kappa shape index (κ1) is 21.9. The number of rotatable bonds is 2. The minimum absolute atomic E-state index is 0.0619. The molecule has 1 amide bonds. The molecule has 0 bridgehead atoms. The largest absolute Gasteiger partial charge is 0.439 e. The molecule has 1 aromatic heterocycles. The molecule has 3 atom stereocenters. The van der Waals surface area contributed by atoms with Crippen LogP contribution in [0.5, 0.6) is 0 Å². The SMILES string of the molecule is Cc1cc([C@@H]2CC[C@H]3[C@@H](c4cc(C(F)(F)F)cc(C(F)(F)F)c4)OC(=O)N23)c(Br)cn1. The Morgan fingerprint density at radius 2 is 1.65 bits per heavy atom. The number of ether oxygens (including phenoxy) is 1. The lowest BCUT2D eigenvalue weighted by Gasteiger charge is -2.24. The van der Waals surface area contributed by atoms with Crippen LogP contribution in [0.3, 0.4) is 0 Å². The number of alkyl halides is 6. The number of halogens is 7. The van der Waals surface area contributed by atoms with Crippen molar-refractivity contribution in [1.29, 1.82) is 0 Å². The summed E-state index contributed by atoms with van der Waals surface area (Å²) in [6.45, 7) is 1.77. The van der Waals surface area contributed by atoms with E-state index in [2.05, 4.69) is 20.9 Å². The Morgan fingerprint density at radius 3 is 2.23 bits per heavy atom. The quantitative estimate of drug-likeness (QED) is 0.430. The van der Waals surface area contributed by atoms with Crippen molar-refractivity contribution in [2.24, 2.45) is 0 Å². The molecule has 0 N–H and O–H groups in total. The predicted octanol–water partition coefficient (Wildman–Crippen LogP) is 6.59. The minimum Gasteiger partial charge on any atom is -0.439 e. The van der Waals surface area contributed by atoms with E-state index < -0.39 is 47.8 Å². The van der Waals surface area contributed by atoms with Gasteiger partial charge in [0.1, 0.15) is 6.10 Å². The van der Waals surface area contributed by atoms with Crippen LogP contribution in [-0.2, 0) is 17.1 Å². The van der Waals surface area contributed by atoms with Gasteiger partial charge in [-0.1, -0.05) is 0 Å². The van der Waals surface area contributed by atoms with E-state index in [9.17, 15) is 31.1 Å². The lowest BCUT2D eigenvalue weighted by molar-refractivity contribution is -0.143. The van der Waals surface area contributed by atoms with E-state index in [0.717, 1.165) is 5.56 Å². The highest BCUT2D eigenvalue weighted by Crippen LogP contribution is 2.49. The molecule has 31 heavy (non-hydrogen) atoms. The van der Waals surface area contributed by atoms with Gasteiger partial charge in [0.15, 0.2) is 0 Å². The van der Waals surface area contributed by atoms with Gasteiger partial charge in [0.25, 0.3) is 0 Å². The summed E-state index contributed by atoms with van der Waals surface area (Å²) in [5, 5.41) is 0. The summed E-state index contributed by atoms with van der Waals surface area (Å²) in [5.74, 6) is 0. The summed E-state index contributed by atoms with van der Waals surface area (Å²) in [4.78, 5) is 18.2. The Morgan fingerprint density at radius 1 is 1.03 bits per heavy atom. The molecule has 4 rings (SSSR count). The van der Waals surface area contributed by atoms with Crippen LogP contribution in [0.4, 0.5) is 31.1 Å². The van der Waals surface area contributed by atoms with Gasteiger partial charge in [-0.3, -0.25) is 9.88 Å². The zero-order chi connectivity index (χ0) is 22.7. The number of benzene rings is 1. The minimum atomic E-state index is -4.98. The molecular weight excluding hydrogens is 494 g/mol. The molecule has 2 saturated heterocycles. The number of carbonyl (C=O) groups excluding carboxylic acids is 1. The maximum absolute atomic E-state index is 13.2. The average molecular weight is 509 g/mol. The van der Waals surface area contributed by atoms with E-state index in [1.165, 1.54) is 4.90 Å². The number of nitrogens with zero attached hydrogens (tertiary/aromatic N) is 2.